The summed E-state index contributed by atoms with van der Waals surface area (Å²) in [6.07, 6.45) is 4.48. The minimum atomic E-state index is -2.90. The molecule has 1 atom stereocenters. The molecule has 0 unspecified atom stereocenters. The van der Waals surface area contributed by atoms with Gasteiger partial charge in [-0.15, -0.1) is 0 Å². The Morgan fingerprint density at radius 2 is 1.48 bits per heavy atom. The van der Waals surface area contributed by atoms with Crippen molar-refractivity contribution in [3.63, 3.8) is 0 Å². The number of likely N-dealkylation sites (tertiary alicyclic amines) is 2. The van der Waals surface area contributed by atoms with Crippen molar-refractivity contribution in [1.82, 2.24) is 15.1 Å². The number of nitrogens with one attached hydrogen (secondary N) is 1. The average Bonchev–Trinajstić information content (AvgIpc) is 2.92. The number of carbonyl (C=O) groups excluding carboxylic acids is 3. The second-order valence-electron chi connectivity index (χ2n) is 13.4. The number of alkyl halides is 2. The Morgan fingerprint density at radius 1 is 0.909 bits per heavy atom. The number of ether oxygens (including phenoxy) is 4. The molecule has 10 nitrogen and oxygen atoms in total. The summed E-state index contributed by atoms with van der Waals surface area (Å²) in [5.74, 6) is -2.78. The third kappa shape index (κ3) is 10.2. The van der Waals surface area contributed by atoms with Gasteiger partial charge >= 0.3 is 12.2 Å². The van der Waals surface area contributed by atoms with Crippen LogP contribution >= 0.6 is 0 Å². The van der Waals surface area contributed by atoms with Crippen LogP contribution in [-0.2, 0) is 25.4 Å². The molecule has 44 heavy (non-hydrogen) atoms. The van der Waals surface area contributed by atoms with E-state index in [1.165, 1.54) is 0 Å². The lowest BCUT2D eigenvalue weighted by molar-refractivity contribution is -0.167. The molecular formula is C32H47F2N3O7. The summed E-state index contributed by atoms with van der Waals surface area (Å²) in [6.45, 7) is 8.78. The van der Waals surface area contributed by atoms with Gasteiger partial charge in [-0.2, -0.15) is 0 Å². The van der Waals surface area contributed by atoms with Crippen LogP contribution in [0, 0.1) is 0 Å². The Kier molecular flexibility index (Phi) is 11.0. The summed E-state index contributed by atoms with van der Waals surface area (Å²) in [7, 11) is 0. The van der Waals surface area contributed by atoms with Crippen LogP contribution in [0.1, 0.15) is 78.7 Å². The number of hydrogen-bond acceptors (Lipinski definition) is 7. The molecule has 1 N–H and O–H groups in total. The summed E-state index contributed by atoms with van der Waals surface area (Å²) in [5.41, 5.74) is -0.0202. The molecule has 3 amide bonds. The molecule has 1 aliphatic carbocycles. The van der Waals surface area contributed by atoms with Crippen LogP contribution in [0.4, 0.5) is 18.4 Å². The van der Waals surface area contributed by atoms with E-state index in [9.17, 15) is 23.2 Å². The van der Waals surface area contributed by atoms with Crippen LogP contribution in [0.25, 0.3) is 0 Å². The van der Waals surface area contributed by atoms with Crippen molar-refractivity contribution < 1.29 is 42.1 Å². The minimum absolute atomic E-state index is 0.0598. The molecule has 3 aliphatic rings. The quantitative estimate of drug-likeness (QED) is 0.397. The second kappa shape index (κ2) is 14.3. The first-order valence-electron chi connectivity index (χ1n) is 15.7. The fraction of sp³-hybridized carbons (Fsp3) is 0.719. The highest BCUT2D eigenvalue weighted by molar-refractivity contribution is 5.86. The molecule has 0 bridgehead atoms. The zero-order valence-corrected chi connectivity index (χ0v) is 26.5. The monoisotopic (exact) mass is 623 g/mol. The minimum Gasteiger partial charge on any atom is -0.490 e. The van der Waals surface area contributed by atoms with Crippen LogP contribution < -0.4 is 10.1 Å². The maximum absolute atomic E-state index is 13.4. The largest absolute Gasteiger partial charge is 0.490 e. The van der Waals surface area contributed by atoms with Crippen LogP contribution in [0.3, 0.4) is 0 Å². The molecule has 2 saturated heterocycles. The van der Waals surface area contributed by atoms with Gasteiger partial charge in [0.25, 0.3) is 5.92 Å². The van der Waals surface area contributed by atoms with Gasteiger partial charge in [0, 0.05) is 19.5 Å². The van der Waals surface area contributed by atoms with Crippen molar-refractivity contribution in [2.45, 2.75) is 122 Å². The van der Waals surface area contributed by atoms with Gasteiger partial charge in [0.2, 0.25) is 5.91 Å². The van der Waals surface area contributed by atoms with Crippen LogP contribution in [0.15, 0.2) is 24.3 Å². The van der Waals surface area contributed by atoms with Gasteiger partial charge in [0.15, 0.2) is 0 Å². The number of piperidine rings is 1. The molecule has 12 heteroatoms. The van der Waals surface area contributed by atoms with E-state index in [0.29, 0.717) is 18.8 Å². The summed E-state index contributed by atoms with van der Waals surface area (Å²) >= 11 is 0. The topological polar surface area (TPSA) is 107 Å². The maximum atomic E-state index is 13.4. The summed E-state index contributed by atoms with van der Waals surface area (Å²) < 4.78 is 50.0. The lowest BCUT2D eigenvalue weighted by Gasteiger charge is -2.40. The lowest BCUT2D eigenvalue weighted by Crippen LogP contribution is -2.63. The van der Waals surface area contributed by atoms with Gasteiger partial charge in [0.1, 0.15) is 17.4 Å². The fourth-order valence-electron chi connectivity index (χ4n) is 5.68. The first kappa shape index (κ1) is 33.7. The van der Waals surface area contributed by atoms with Crippen molar-refractivity contribution in [3.05, 3.63) is 29.8 Å². The van der Waals surface area contributed by atoms with E-state index in [1.807, 2.05) is 38.1 Å². The SMILES string of the molecule is CC(C)OC(=O)N1CCC(OC2CCC(Oc3ccc(C[C@H](NC(=O)OC(C)(C)C)C(=O)N4CC(F)(F)C4)cc3)CC2)CC1. The fourth-order valence-corrected chi connectivity index (χ4v) is 5.68. The number of benzene rings is 1. The van der Waals surface area contributed by atoms with Gasteiger partial charge in [-0.05, 0) is 90.8 Å². The normalized spacial score (nSPS) is 23.0. The highest BCUT2D eigenvalue weighted by atomic mass is 19.3. The van der Waals surface area contributed by atoms with Gasteiger partial charge < -0.3 is 34.1 Å². The van der Waals surface area contributed by atoms with Crippen LogP contribution in [0.2, 0.25) is 0 Å². The molecule has 1 aromatic rings. The summed E-state index contributed by atoms with van der Waals surface area (Å²) in [6, 6.07) is 6.24. The van der Waals surface area contributed by atoms with E-state index in [0.717, 1.165) is 49.0 Å². The molecule has 0 spiro atoms. The molecular weight excluding hydrogens is 576 g/mol. The number of carbonyl (C=O) groups is 3. The molecule has 1 aromatic carbocycles. The standard InChI is InChI=1S/C32H47F2N3O7/c1-21(2)41-30(40)36-16-14-26(15-17-36)43-25-12-10-24(11-13-25)42-23-8-6-22(7-9-23)18-27(35-29(39)44-31(3,4)5)28(38)37-19-32(33,34)20-37/h6-9,21,24-27H,10-20H2,1-5H3,(H,35,39)/t24?,25?,27-/m0/s1. The Morgan fingerprint density at radius 3 is 2.02 bits per heavy atom. The number of alkyl carbamates (subject to hydrolysis) is 1. The van der Waals surface area contributed by atoms with E-state index >= 15 is 0 Å². The molecule has 3 fully saturated rings. The van der Waals surface area contributed by atoms with E-state index in [2.05, 4.69) is 5.32 Å². The van der Waals surface area contributed by atoms with Gasteiger partial charge in [-0.1, -0.05) is 12.1 Å². The van der Waals surface area contributed by atoms with Crippen molar-refractivity contribution in [3.8, 4) is 5.75 Å². The van der Waals surface area contributed by atoms with Gasteiger partial charge in [-0.25, -0.2) is 18.4 Å². The van der Waals surface area contributed by atoms with Crippen molar-refractivity contribution >= 4 is 18.1 Å². The number of rotatable bonds is 9. The van der Waals surface area contributed by atoms with Crippen molar-refractivity contribution in [1.29, 1.82) is 0 Å². The first-order valence-corrected chi connectivity index (χ1v) is 15.7. The summed E-state index contributed by atoms with van der Waals surface area (Å²) in [5, 5.41) is 2.56. The van der Waals surface area contributed by atoms with Crippen LogP contribution in [-0.4, -0.2) is 96.1 Å². The molecule has 246 valence electrons. The zero-order chi connectivity index (χ0) is 32.1. The molecule has 0 radical (unpaired) electrons. The number of amides is 3. The Labute approximate surface area is 258 Å². The number of hydrogen-bond donors (Lipinski definition) is 1. The average molecular weight is 624 g/mol. The Hall–Kier alpha value is -3.15. The Balaban J connectivity index is 1.22. The molecule has 0 aromatic heterocycles. The summed E-state index contributed by atoms with van der Waals surface area (Å²) in [4.78, 5) is 40.3. The van der Waals surface area contributed by atoms with E-state index in [4.69, 9.17) is 18.9 Å². The van der Waals surface area contributed by atoms with Gasteiger partial charge in [-0.3, -0.25) is 4.79 Å². The highest BCUT2D eigenvalue weighted by Gasteiger charge is 2.48. The predicted octanol–water partition coefficient (Wildman–Crippen LogP) is 5.32. The molecule has 4 rings (SSSR count). The molecule has 2 heterocycles. The van der Waals surface area contributed by atoms with Crippen molar-refractivity contribution in [2.24, 2.45) is 0 Å². The predicted molar refractivity (Wildman–Crippen MR) is 159 cm³/mol. The second-order valence-corrected chi connectivity index (χ2v) is 13.4. The molecule has 2 aliphatic heterocycles. The smallest absolute Gasteiger partial charge is 0.410 e. The third-order valence-electron chi connectivity index (χ3n) is 7.85. The third-order valence-corrected chi connectivity index (χ3v) is 7.85. The Bertz CT molecular complexity index is 1120. The zero-order valence-electron chi connectivity index (χ0n) is 26.5. The number of nitrogens with zero attached hydrogens (tertiary/aromatic N) is 2. The van der Waals surface area contributed by atoms with E-state index in [1.54, 1.807) is 25.7 Å². The number of halogens is 2. The highest BCUT2D eigenvalue weighted by Crippen LogP contribution is 2.30. The van der Waals surface area contributed by atoms with Crippen LogP contribution in [0.5, 0.6) is 5.75 Å². The first-order chi connectivity index (χ1) is 20.7. The van der Waals surface area contributed by atoms with Gasteiger partial charge in [0.05, 0.1) is 37.5 Å². The maximum Gasteiger partial charge on any atom is 0.410 e. The lowest BCUT2D eigenvalue weighted by atomic mass is 9.94. The van der Waals surface area contributed by atoms with Crippen molar-refractivity contribution in [2.75, 3.05) is 26.2 Å². The molecule has 1 saturated carbocycles. The van der Waals surface area contributed by atoms with E-state index in [-0.39, 0.29) is 36.9 Å². The van der Waals surface area contributed by atoms with E-state index < -0.39 is 42.7 Å².